The zero-order chi connectivity index (χ0) is 50.0. The molecular formula is C63H98O6. The highest BCUT2D eigenvalue weighted by atomic mass is 16.6. The maximum Gasteiger partial charge on any atom is 0.306 e. The topological polar surface area (TPSA) is 78.9 Å². The van der Waals surface area contributed by atoms with Crippen molar-refractivity contribution in [2.75, 3.05) is 13.2 Å². The van der Waals surface area contributed by atoms with Crippen LogP contribution in [0.25, 0.3) is 0 Å². The molecule has 6 heteroatoms. The number of hydrogen-bond acceptors (Lipinski definition) is 6. The standard InChI is InChI=1S/C63H98O6/c1-4-7-10-13-16-19-22-25-28-30-31-33-36-39-42-45-48-51-54-57-63(66)69-60(58-67-61(64)55-52-49-46-43-40-37-34-27-24-21-18-15-12-9-6-3)59-68-62(65)56-53-50-47-44-41-38-35-32-29-26-23-20-17-14-11-8-5-2/h8,11,16-21,25-29,31,33-35,38-40,42-44,47,60H,4-7,9-10,12-15,22-24,30,32,36-37,41,45-46,48-59H2,1-3H3/b11-8-,19-16-,20-17-,21-18-,28-25-,29-26-,33-31-,34-27-,38-35-,42-39-,43-40-,47-44-/t60-/m0/s1. The lowest BCUT2D eigenvalue weighted by Gasteiger charge is -2.18. The van der Waals surface area contributed by atoms with Gasteiger partial charge in [0.25, 0.3) is 0 Å². The second kappa shape index (κ2) is 55.9. The molecule has 0 bridgehead atoms. The van der Waals surface area contributed by atoms with Crippen LogP contribution in [0.2, 0.25) is 0 Å². The van der Waals surface area contributed by atoms with Gasteiger partial charge in [-0.15, -0.1) is 0 Å². The van der Waals surface area contributed by atoms with Crippen LogP contribution in [0.5, 0.6) is 0 Å². The number of carbonyl (C=O) groups excluding carboxylic acids is 3. The van der Waals surface area contributed by atoms with Gasteiger partial charge in [-0.25, -0.2) is 0 Å². The average Bonchev–Trinajstić information content (AvgIpc) is 3.35. The number of esters is 3. The molecule has 0 aromatic heterocycles. The van der Waals surface area contributed by atoms with Crippen molar-refractivity contribution in [2.45, 2.75) is 219 Å². The van der Waals surface area contributed by atoms with Gasteiger partial charge in [0.05, 0.1) is 0 Å². The van der Waals surface area contributed by atoms with E-state index in [-0.39, 0.29) is 50.4 Å². The van der Waals surface area contributed by atoms with Crippen molar-refractivity contribution in [1.29, 1.82) is 0 Å². The van der Waals surface area contributed by atoms with E-state index in [9.17, 15) is 14.4 Å². The molecule has 1 atom stereocenters. The molecule has 0 aromatic rings. The zero-order valence-electron chi connectivity index (χ0n) is 44.0. The molecule has 0 saturated heterocycles. The summed E-state index contributed by atoms with van der Waals surface area (Å²) in [4.78, 5) is 38.1. The van der Waals surface area contributed by atoms with Crippen molar-refractivity contribution in [1.82, 2.24) is 0 Å². The lowest BCUT2D eigenvalue weighted by Crippen LogP contribution is -2.30. The van der Waals surface area contributed by atoms with E-state index in [1.165, 1.54) is 51.4 Å². The minimum atomic E-state index is -0.840. The first kappa shape index (κ1) is 64.3. The number of allylic oxidation sites excluding steroid dienone is 24. The Kier molecular flexibility index (Phi) is 52.1. The largest absolute Gasteiger partial charge is 0.462 e. The predicted molar refractivity (Wildman–Crippen MR) is 297 cm³/mol. The second-order valence-corrected chi connectivity index (χ2v) is 17.4. The molecule has 0 aliphatic rings. The Balaban J connectivity index is 4.63. The van der Waals surface area contributed by atoms with Crippen LogP contribution in [0, 0.1) is 0 Å². The van der Waals surface area contributed by atoms with Gasteiger partial charge in [0.1, 0.15) is 13.2 Å². The van der Waals surface area contributed by atoms with Crippen LogP contribution in [-0.4, -0.2) is 37.2 Å². The Bertz CT molecular complexity index is 1560. The van der Waals surface area contributed by atoms with Gasteiger partial charge >= 0.3 is 17.9 Å². The Hall–Kier alpha value is -4.71. The molecule has 0 saturated carbocycles. The zero-order valence-corrected chi connectivity index (χ0v) is 44.0. The summed E-state index contributed by atoms with van der Waals surface area (Å²) in [5.74, 6) is -1.07. The lowest BCUT2D eigenvalue weighted by molar-refractivity contribution is -0.167. The number of unbranched alkanes of at least 4 members (excludes halogenated alkanes) is 12. The molecule has 0 N–H and O–H groups in total. The molecule has 0 rings (SSSR count). The second-order valence-electron chi connectivity index (χ2n) is 17.4. The molecule has 0 aliphatic carbocycles. The molecule has 0 radical (unpaired) electrons. The monoisotopic (exact) mass is 951 g/mol. The van der Waals surface area contributed by atoms with Gasteiger partial charge in [-0.3, -0.25) is 14.4 Å². The van der Waals surface area contributed by atoms with Crippen molar-refractivity contribution in [3.05, 3.63) is 146 Å². The fraction of sp³-hybridized carbons (Fsp3) is 0.571. The van der Waals surface area contributed by atoms with Gasteiger partial charge in [-0.1, -0.05) is 199 Å². The first-order valence-electron chi connectivity index (χ1n) is 27.3. The Morgan fingerprint density at radius 3 is 0.942 bits per heavy atom. The predicted octanol–water partition coefficient (Wildman–Crippen LogP) is 18.4. The van der Waals surface area contributed by atoms with Crippen LogP contribution in [-0.2, 0) is 28.6 Å². The van der Waals surface area contributed by atoms with Gasteiger partial charge in [0.2, 0.25) is 0 Å². The SMILES string of the molecule is CC/C=C\C/C=C\C/C=C\C/C=C\C/C=C\CCCC(=O)OC[C@H](COC(=O)CCCC/C=C\C/C=C\C/C=C\CCCCC)OC(=O)CCCCC/C=C\C/C=C\C/C=C\C/C=C\CCCCC. The van der Waals surface area contributed by atoms with E-state index in [2.05, 4.69) is 167 Å². The fourth-order valence-corrected chi connectivity index (χ4v) is 6.70. The van der Waals surface area contributed by atoms with E-state index in [0.717, 1.165) is 103 Å². The fourth-order valence-electron chi connectivity index (χ4n) is 6.70. The molecule has 0 heterocycles. The highest BCUT2D eigenvalue weighted by Gasteiger charge is 2.19. The van der Waals surface area contributed by atoms with Crippen molar-refractivity contribution >= 4 is 17.9 Å². The molecule has 6 nitrogen and oxygen atoms in total. The minimum Gasteiger partial charge on any atom is -0.462 e. The molecule has 0 aliphatic heterocycles. The third kappa shape index (κ3) is 54.1. The Morgan fingerprint density at radius 2 is 0.580 bits per heavy atom. The van der Waals surface area contributed by atoms with Crippen LogP contribution in [0.1, 0.15) is 213 Å². The summed E-state index contributed by atoms with van der Waals surface area (Å²) in [5, 5.41) is 0. The number of rotatable bonds is 47. The van der Waals surface area contributed by atoms with Crippen molar-refractivity contribution in [2.24, 2.45) is 0 Å². The quantitative estimate of drug-likeness (QED) is 0.0262. The van der Waals surface area contributed by atoms with E-state index in [4.69, 9.17) is 14.2 Å². The molecule has 0 unspecified atom stereocenters. The molecule has 0 spiro atoms. The van der Waals surface area contributed by atoms with E-state index in [1.54, 1.807) is 0 Å². The maximum atomic E-state index is 12.8. The third-order valence-corrected chi connectivity index (χ3v) is 10.8. The summed E-state index contributed by atoms with van der Waals surface area (Å²) in [6.07, 6.45) is 79.8. The number of carbonyl (C=O) groups is 3. The summed E-state index contributed by atoms with van der Waals surface area (Å²) in [6.45, 7) is 6.34. The van der Waals surface area contributed by atoms with E-state index < -0.39 is 6.10 Å². The first-order valence-corrected chi connectivity index (χ1v) is 27.3. The smallest absolute Gasteiger partial charge is 0.306 e. The van der Waals surface area contributed by atoms with Gasteiger partial charge in [0.15, 0.2) is 6.10 Å². The van der Waals surface area contributed by atoms with Gasteiger partial charge in [-0.2, -0.15) is 0 Å². The van der Waals surface area contributed by atoms with Crippen LogP contribution in [0.4, 0.5) is 0 Å². The summed E-state index contributed by atoms with van der Waals surface area (Å²) >= 11 is 0. The van der Waals surface area contributed by atoms with Crippen molar-refractivity contribution in [3.63, 3.8) is 0 Å². The summed E-state index contributed by atoms with van der Waals surface area (Å²) in [5.41, 5.74) is 0. The summed E-state index contributed by atoms with van der Waals surface area (Å²) in [7, 11) is 0. The van der Waals surface area contributed by atoms with E-state index >= 15 is 0 Å². The number of hydrogen-bond donors (Lipinski definition) is 0. The third-order valence-electron chi connectivity index (χ3n) is 10.8. The van der Waals surface area contributed by atoms with Gasteiger partial charge < -0.3 is 14.2 Å². The highest BCUT2D eigenvalue weighted by molar-refractivity contribution is 5.71. The van der Waals surface area contributed by atoms with Crippen LogP contribution < -0.4 is 0 Å². The lowest BCUT2D eigenvalue weighted by atomic mass is 10.1. The normalized spacial score (nSPS) is 13.3. The summed E-state index contributed by atoms with van der Waals surface area (Å²) < 4.78 is 16.7. The Morgan fingerprint density at radius 1 is 0.304 bits per heavy atom. The molecule has 386 valence electrons. The van der Waals surface area contributed by atoms with Gasteiger partial charge in [0, 0.05) is 19.3 Å². The molecule has 0 fully saturated rings. The summed E-state index contributed by atoms with van der Waals surface area (Å²) in [6, 6.07) is 0. The Labute approximate surface area is 423 Å². The van der Waals surface area contributed by atoms with Crippen LogP contribution in [0.15, 0.2) is 146 Å². The molecule has 0 amide bonds. The number of ether oxygens (including phenoxy) is 3. The van der Waals surface area contributed by atoms with Crippen LogP contribution >= 0.6 is 0 Å². The first-order chi connectivity index (χ1) is 34.0. The molecule has 0 aromatic carbocycles. The van der Waals surface area contributed by atoms with Gasteiger partial charge in [-0.05, 0) is 141 Å². The molecular weight excluding hydrogens is 853 g/mol. The molecule has 69 heavy (non-hydrogen) atoms. The average molecular weight is 951 g/mol. The highest BCUT2D eigenvalue weighted by Crippen LogP contribution is 2.10. The van der Waals surface area contributed by atoms with Crippen LogP contribution in [0.3, 0.4) is 0 Å². The van der Waals surface area contributed by atoms with Crippen molar-refractivity contribution in [3.8, 4) is 0 Å². The van der Waals surface area contributed by atoms with E-state index in [0.29, 0.717) is 19.3 Å². The van der Waals surface area contributed by atoms with E-state index in [1.807, 2.05) is 0 Å². The maximum absolute atomic E-state index is 12.8. The minimum absolute atomic E-state index is 0.135. The van der Waals surface area contributed by atoms with Crippen molar-refractivity contribution < 1.29 is 28.6 Å².